The van der Waals surface area contributed by atoms with Crippen LogP contribution in [0.15, 0.2) is 49.3 Å². The Morgan fingerprint density at radius 3 is 2.58 bits per heavy atom. The molecule has 0 aliphatic heterocycles. The highest BCUT2D eigenvalue weighted by molar-refractivity contribution is 5.26. The molecule has 0 aliphatic carbocycles. The summed E-state index contributed by atoms with van der Waals surface area (Å²) in [5.41, 5.74) is 1.11. The zero-order chi connectivity index (χ0) is 13.3. The van der Waals surface area contributed by atoms with Crippen molar-refractivity contribution in [3.63, 3.8) is 0 Å². The Morgan fingerprint density at radius 1 is 1.16 bits per heavy atom. The van der Waals surface area contributed by atoms with Crippen LogP contribution in [-0.2, 0) is 17.9 Å². The van der Waals surface area contributed by atoms with Crippen molar-refractivity contribution in [1.29, 1.82) is 0 Å². The third-order valence-corrected chi connectivity index (χ3v) is 2.46. The van der Waals surface area contributed by atoms with Gasteiger partial charge in [-0.15, -0.1) is 0 Å². The van der Waals surface area contributed by atoms with Crippen LogP contribution in [0.2, 0.25) is 0 Å². The number of aromatic nitrogens is 3. The lowest BCUT2D eigenvalue weighted by Crippen LogP contribution is -2.08. The van der Waals surface area contributed by atoms with Crippen molar-refractivity contribution in [2.24, 2.45) is 0 Å². The lowest BCUT2D eigenvalue weighted by Gasteiger charge is -2.06. The number of ether oxygens (including phenoxy) is 2. The van der Waals surface area contributed by atoms with Crippen molar-refractivity contribution < 1.29 is 9.47 Å². The number of rotatable bonds is 8. The van der Waals surface area contributed by atoms with Crippen LogP contribution >= 0.6 is 0 Å². The van der Waals surface area contributed by atoms with Gasteiger partial charge in [0.1, 0.15) is 12.4 Å². The normalized spacial score (nSPS) is 10.3. The zero-order valence-corrected chi connectivity index (χ0v) is 10.7. The largest absolute Gasteiger partial charge is 0.490 e. The van der Waals surface area contributed by atoms with Gasteiger partial charge < -0.3 is 9.47 Å². The summed E-state index contributed by atoms with van der Waals surface area (Å²) in [6.07, 6.45) is 5.03. The van der Waals surface area contributed by atoms with Crippen molar-refractivity contribution in [2.45, 2.75) is 13.2 Å². The highest BCUT2D eigenvalue weighted by Crippen LogP contribution is 2.12. The van der Waals surface area contributed by atoms with E-state index in [1.807, 2.05) is 24.3 Å². The molecule has 0 saturated carbocycles. The summed E-state index contributed by atoms with van der Waals surface area (Å²) in [5.74, 6) is 0.837. The third-order valence-electron chi connectivity index (χ3n) is 2.46. The zero-order valence-electron chi connectivity index (χ0n) is 10.7. The minimum atomic E-state index is 0.521. The standard InChI is InChI=1S/C14H17N3O2/c1-2-10-19-14-5-3-13(4-6-14)12-18-11-9-17-15-7-8-16-17/h2-8H,1,9-12H2. The van der Waals surface area contributed by atoms with Gasteiger partial charge in [-0.2, -0.15) is 15.0 Å². The van der Waals surface area contributed by atoms with Crippen LogP contribution in [0.1, 0.15) is 5.56 Å². The van der Waals surface area contributed by atoms with Crippen LogP contribution in [0, 0.1) is 0 Å². The fourth-order valence-electron chi connectivity index (χ4n) is 1.53. The molecule has 1 aromatic heterocycles. The second kappa shape index (κ2) is 7.33. The van der Waals surface area contributed by atoms with E-state index in [1.165, 1.54) is 0 Å². The smallest absolute Gasteiger partial charge is 0.119 e. The van der Waals surface area contributed by atoms with E-state index in [-0.39, 0.29) is 0 Å². The maximum atomic E-state index is 5.56. The molecule has 0 saturated heterocycles. The number of benzene rings is 1. The maximum absolute atomic E-state index is 5.56. The first-order chi connectivity index (χ1) is 9.38. The van der Waals surface area contributed by atoms with Gasteiger partial charge in [0.05, 0.1) is 32.2 Å². The third kappa shape index (κ3) is 4.56. The molecule has 1 aromatic carbocycles. The van der Waals surface area contributed by atoms with Crippen LogP contribution in [0.3, 0.4) is 0 Å². The lowest BCUT2D eigenvalue weighted by atomic mass is 10.2. The summed E-state index contributed by atoms with van der Waals surface area (Å²) in [7, 11) is 0. The van der Waals surface area contributed by atoms with E-state index >= 15 is 0 Å². The molecule has 0 atom stereocenters. The molecule has 0 spiro atoms. The SMILES string of the molecule is C=CCOc1ccc(COCCn2nccn2)cc1. The van der Waals surface area contributed by atoms with Crippen molar-refractivity contribution in [3.8, 4) is 5.75 Å². The van der Waals surface area contributed by atoms with Gasteiger partial charge in [0.25, 0.3) is 0 Å². The highest BCUT2D eigenvalue weighted by atomic mass is 16.5. The molecule has 0 fully saturated rings. The summed E-state index contributed by atoms with van der Waals surface area (Å²) in [5, 5.41) is 8.00. The van der Waals surface area contributed by atoms with E-state index in [0.717, 1.165) is 11.3 Å². The Balaban J connectivity index is 1.69. The second-order valence-electron chi connectivity index (χ2n) is 3.92. The minimum Gasteiger partial charge on any atom is -0.490 e. The molecule has 2 rings (SSSR count). The molecule has 0 amide bonds. The maximum Gasteiger partial charge on any atom is 0.119 e. The van der Waals surface area contributed by atoms with Crippen LogP contribution in [0.25, 0.3) is 0 Å². The summed E-state index contributed by atoms with van der Waals surface area (Å²) in [6, 6.07) is 7.84. The molecule has 0 aliphatic rings. The van der Waals surface area contributed by atoms with E-state index in [4.69, 9.17) is 9.47 Å². The van der Waals surface area contributed by atoms with E-state index in [0.29, 0.717) is 26.4 Å². The van der Waals surface area contributed by atoms with E-state index in [9.17, 15) is 0 Å². The molecule has 0 N–H and O–H groups in total. The van der Waals surface area contributed by atoms with Gasteiger partial charge in [-0.05, 0) is 17.7 Å². The summed E-state index contributed by atoms with van der Waals surface area (Å²) in [6.45, 7) is 5.95. The van der Waals surface area contributed by atoms with Gasteiger partial charge in [0.15, 0.2) is 0 Å². The summed E-state index contributed by atoms with van der Waals surface area (Å²) < 4.78 is 11.0. The number of hydrogen-bond acceptors (Lipinski definition) is 4. The molecule has 0 bridgehead atoms. The molecule has 2 aromatic rings. The molecule has 5 heteroatoms. The summed E-state index contributed by atoms with van der Waals surface area (Å²) >= 11 is 0. The Hall–Kier alpha value is -2.14. The molecule has 5 nitrogen and oxygen atoms in total. The fraction of sp³-hybridized carbons (Fsp3) is 0.286. The summed E-state index contributed by atoms with van der Waals surface area (Å²) in [4.78, 5) is 1.60. The van der Waals surface area contributed by atoms with E-state index in [1.54, 1.807) is 23.3 Å². The van der Waals surface area contributed by atoms with Crippen molar-refractivity contribution >= 4 is 0 Å². The van der Waals surface area contributed by atoms with Crippen LogP contribution in [0.5, 0.6) is 5.75 Å². The Bertz CT molecular complexity index is 480. The highest BCUT2D eigenvalue weighted by Gasteiger charge is 1.97. The number of nitrogens with zero attached hydrogens (tertiary/aromatic N) is 3. The topological polar surface area (TPSA) is 49.2 Å². The van der Waals surface area contributed by atoms with Crippen molar-refractivity contribution in [2.75, 3.05) is 13.2 Å². The average molecular weight is 259 g/mol. The predicted molar refractivity (Wildman–Crippen MR) is 71.8 cm³/mol. The van der Waals surface area contributed by atoms with Gasteiger partial charge in [0.2, 0.25) is 0 Å². The average Bonchev–Trinajstić information content (AvgIpc) is 2.96. The van der Waals surface area contributed by atoms with Gasteiger partial charge in [-0.1, -0.05) is 24.8 Å². The quantitative estimate of drug-likeness (QED) is 0.538. The number of hydrogen-bond donors (Lipinski definition) is 0. The van der Waals surface area contributed by atoms with Gasteiger partial charge in [0, 0.05) is 0 Å². The Morgan fingerprint density at radius 2 is 1.89 bits per heavy atom. The van der Waals surface area contributed by atoms with Crippen LogP contribution < -0.4 is 4.74 Å². The monoisotopic (exact) mass is 259 g/mol. The second-order valence-corrected chi connectivity index (χ2v) is 3.92. The molecule has 0 unspecified atom stereocenters. The first kappa shape index (κ1) is 13.3. The first-order valence-corrected chi connectivity index (χ1v) is 6.13. The van der Waals surface area contributed by atoms with Gasteiger partial charge in [-0.25, -0.2) is 0 Å². The molecule has 1 heterocycles. The van der Waals surface area contributed by atoms with Gasteiger partial charge >= 0.3 is 0 Å². The van der Waals surface area contributed by atoms with E-state index in [2.05, 4.69) is 16.8 Å². The minimum absolute atomic E-state index is 0.521. The molecular formula is C14H17N3O2. The van der Waals surface area contributed by atoms with Gasteiger partial charge in [-0.3, -0.25) is 0 Å². The molecule has 0 radical (unpaired) electrons. The Labute approximate surface area is 112 Å². The lowest BCUT2D eigenvalue weighted by molar-refractivity contribution is 0.108. The molecule has 19 heavy (non-hydrogen) atoms. The molecular weight excluding hydrogens is 242 g/mol. The predicted octanol–water partition coefficient (Wildman–Crippen LogP) is 2.06. The van der Waals surface area contributed by atoms with Crippen LogP contribution in [-0.4, -0.2) is 28.2 Å². The van der Waals surface area contributed by atoms with Crippen molar-refractivity contribution in [1.82, 2.24) is 15.0 Å². The van der Waals surface area contributed by atoms with Crippen molar-refractivity contribution in [3.05, 3.63) is 54.9 Å². The van der Waals surface area contributed by atoms with Crippen LogP contribution in [0.4, 0.5) is 0 Å². The Kier molecular flexibility index (Phi) is 5.13. The molecule has 100 valence electrons. The first-order valence-electron chi connectivity index (χ1n) is 6.13. The van der Waals surface area contributed by atoms with E-state index < -0.39 is 0 Å². The fourth-order valence-corrected chi connectivity index (χ4v) is 1.53.